The fourth-order valence-corrected chi connectivity index (χ4v) is 2.22. The average molecular weight is 254 g/mol. The van der Waals surface area contributed by atoms with Crippen molar-refractivity contribution >= 4 is 11.3 Å². The lowest BCUT2D eigenvalue weighted by molar-refractivity contribution is 0.630. The first-order valence-electron chi connectivity index (χ1n) is 6.15. The molecule has 0 saturated carbocycles. The maximum atomic E-state index is 12.1. The van der Waals surface area contributed by atoms with Crippen LogP contribution in [-0.2, 0) is 0 Å². The third kappa shape index (κ3) is 1.93. The molecule has 0 saturated heterocycles. The molecule has 5 heteroatoms. The van der Waals surface area contributed by atoms with E-state index in [9.17, 15) is 4.79 Å². The molecule has 1 atom stereocenters. The maximum absolute atomic E-state index is 12.1. The smallest absolute Gasteiger partial charge is 0.289 e. The summed E-state index contributed by atoms with van der Waals surface area (Å²) in [6.07, 6.45) is 1.65. The van der Waals surface area contributed by atoms with Gasteiger partial charge in [0.15, 0.2) is 11.3 Å². The van der Waals surface area contributed by atoms with Crippen molar-refractivity contribution in [1.29, 1.82) is 0 Å². The normalized spacial score (nSPS) is 12.7. The minimum Gasteiger partial charge on any atom is -0.289 e. The van der Waals surface area contributed by atoms with Gasteiger partial charge in [-0.15, -0.1) is 0 Å². The Morgan fingerprint density at radius 3 is 2.74 bits per heavy atom. The Labute approximate surface area is 110 Å². The van der Waals surface area contributed by atoms with Gasteiger partial charge in [0.05, 0.1) is 17.9 Å². The van der Waals surface area contributed by atoms with E-state index in [-0.39, 0.29) is 11.7 Å². The first kappa shape index (κ1) is 11.6. The van der Waals surface area contributed by atoms with Gasteiger partial charge in [-0.3, -0.25) is 9.55 Å². The molecule has 2 heterocycles. The van der Waals surface area contributed by atoms with Crippen molar-refractivity contribution in [3.8, 4) is 0 Å². The molecule has 0 aliphatic rings. The van der Waals surface area contributed by atoms with Crippen molar-refractivity contribution in [3.05, 3.63) is 58.3 Å². The van der Waals surface area contributed by atoms with Crippen LogP contribution in [0.2, 0.25) is 0 Å². The number of rotatable bonds is 2. The van der Waals surface area contributed by atoms with Crippen LogP contribution in [0.25, 0.3) is 11.3 Å². The van der Waals surface area contributed by atoms with Crippen LogP contribution < -0.4 is 5.69 Å². The van der Waals surface area contributed by atoms with E-state index in [1.807, 2.05) is 44.2 Å². The molecule has 0 spiro atoms. The van der Waals surface area contributed by atoms with Gasteiger partial charge in [0.2, 0.25) is 0 Å². The van der Waals surface area contributed by atoms with Crippen molar-refractivity contribution < 1.29 is 0 Å². The van der Waals surface area contributed by atoms with Crippen LogP contribution in [0, 0.1) is 6.92 Å². The minimum absolute atomic E-state index is 0.0847. The third-order valence-corrected chi connectivity index (χ3v) is 3.22. The van der Waals surface area contributed by atoms with E-state index in [1.54, 1.807) is 10.8 Å². The number of aryl methyl sites for hydroxylation is 1. The summed E-state index contributed by atoms with van der Waals surface area (Å²) in [6.45, 7) is 3.84. The Morgan fingerprint density at radius 2 is 2.00 bits per heavy atom. The van der Waals surface area contributed by atoms with E-state index in [1.165, 1.54) is 0 Å². The van der Waals surface area contributed by atoms with Crippen LogP contribution in [-0.4, -0.2) is 19.5 Å². The Bertz CT molecular complexity index is 773. The lowest BCUT2D eigenvalue weighted by Crippen LogP contribution is -2.21. The summed E-state index contributed by atoms with van der Waals surface area (Å²) in [7, 11) is 0. The minimum atomic E-state index is -0.183. The number of hydrogen-bond acceptors (Lipinski definition) is 3. The van der Waals surface area contributed by atoms with Crippen molar-refractivity contribution in [2.75, 3.05) is 0 Å². The summed E-state index contributed by atoms with van der Waals surface area (Å²) in [5.74, 6) is 0. The highest BCUT2D eigenvalue weighted by atomic mass is 16.1. The van der Waals surface area contributed by atoms with Crippen LogP contribution in [0.3, 0.4) is 0 Å². The zero-order valence-corrected chi connectivity index (χ0v) is 10.8. The summed E-state index contributed by atoms with van der Waals surface area (Å²) in [5, 5.41) is 0. The molecule has 96 valence electrons. The Balaban J connectivity index is 2.22. The molecule has 0 amide bonds. The van der Waals surface area contributed by atoms with Gasteiger partial charge in [-0.25, -0.2) is 14.8 Å². The number of nitrogens with zero attached hydrogens (tertiary/aromatic N) is 3. The second kappa shape index (κ2) is 4.35. The van der Waals surface area contributed by atoms with E-state index in [2.05, 4.69) is 15.0 Å². The molecule has 19 heavy (non-hydrogen) atoms. The highest BCUT2D eigenvalue weighted by Gasteiger charge is 2.16. The third-order valence-electron chi connectivity index (χ3n) is 3.22. The highest BCUT2D eigenvalue weighted by Crippen LogP contribution is 2.19. The fourth-order valence-electron chi connectivity index (χ4n) is 2.22. The van der Waals surface area contributed by atoms with E-state index >= 15 is 0 Å². The Kier molecular flexibility index (Phi) is 2.67. The number of nitrogens with one attached hydrogen (secondary N) is 1. The molecule has 0 radical (unpaired) electrons. The lowest BCUT2D eigenvalue weighted by Gasteiger charge is -2.13. The number of benzene rings is 1. The zero-order valence-electron chi connectivity index (χ0n) is 10.8. The first-order chi connectivity index (χ1) is 9.16. The van der Waals surface area contributed by atoms with Crippen molar-refractivity contribution in [2.24, 2.45) is 0 Å². The second-order valence-corrected chi connectivity index (χ2v) is 4.57. The number of aromatic amines is 1. The van der Waals surface area contributed by atoms with Gasteiger partial charge in [-0.2, -0.15) is 0 Å². The standard InChI is InChI=1S/C14H14N4O/c1-9-8-15-12-13(16-9)18(14(19)17-12)10(2)11-6-4-3-5-7-11/h3-8,10H,1-2H3,(H,15,17,19)/t10-/m0/s1. The fraction of sp³-hybridized carbons (Fsp3) is 0.214. The molecule has 2 aromatic heterocycles. The summed E-state index contributed by atoms with van der Waals surface area (Å²) >= 11 is 0. The molecule has 0 aliphatic heterocycles. The monoisotopic (exact) mass is 254 g/mol. The predicted molar refractivity (Wildman–Crippen MR) is 73.1 cm³/mol. The molecule has 3 rings (SSSR count). The summed E-state index contributed by atoms with van der Waals surface area (Å²) in [4.78, 5) is 23.4. The summed E-state index contributed by atoms with van der Waals surface area (Å²) in [6, 6.07) is 9.79. The number of H-pyrrole nitrogens is 1. The quantitative estimate of drug-likeness (QED) is 0.761. The molecular formula is C14H14N4O. The van der Waals surface area contributed by atoms with Gasteiger partial charge < -0.3 is 0 Å². The van der Waals surface area contributed by atoms with Gasteiger partial charge in [0.25, 0.3) is 0 Å². The highest BCUT2D eigenvalue weighted by molar-refractivity contribution is 5.65. The van der Waals surface area contributed by atoms with Crippen molar-refractivity contribution in [2.45, 2.75) is 19.9 Å². The van der Waals surface area contributed by atoms with Gasteiger partial charge in [0, 0.05) is 0 Å². The number of fused-ring (bicyclic) bond motifs is 1. The number of imidazole rings is 1. The van der Waals surface area contributed by atoms with Crippen LogP contribution in [0.5, 0.6) is 0 Å². The molecule has 0 aliphatic carbocycles. The number of hydrogen-bond donors (Lipinski definition) is 1. The van der Waals surface area contributed by atoms with Gasteiger partial charge in [-0.1, -0.05) is 30.3 Å². The van der Waals surface area contributed by atoms with Crippen LogP contribution in [0.4, 0.5) is 0 Å². The largest absolute Gasteiger partial charge is 0.329 e. The maximum Gasteiger partial charge on any atom is 0.329 e. The van der Waals surface area contributed by atoms with Gasteiger partial charge in [-0.05, 0) is 19.4 Å². The Hall–Kier alpha value is -2.43. The molecule has 1 N–H and O–H groups in total. The van der Waals surface area contributed by atoms with Crippen LogP contribution >= 0.6 is 0 Å². The second-order valence-electron chi connectivity index (χ2n) is 4.57. The molecule has 1 aromatic carbocycles. The van der Waals surface area contributed by atoms with E-state index in [4.69, 9.17) is 0 Å². The molecule has 0 unspecified atom stereocenters. The first-order valence-corrected chi connectivity index (χ1v) is 6.15. The topological polar surface area (TPSA) is 63.6 Å². The van der Waals surface area contributed by atoms with Gasteiger partial charge in [0.1, 0.15) is 0 Å². The van der Waals surface area contributed by atoms with E-state index in [0.717, 1.165) is 11.3 Å². The lowest BCUT2D eigenvalue weighted by atomic mass is 10.1. The average Bonchev–Trinajstić information content (AvgIpc) is 2.74. The van der Waals surface area contributed by atoms with Crippen LogP contribution in [0.15, 0.2) is 41.3 Å². The van der Waals surface area contributed by atoms with E-state index < -0.39 is 0 Å². The predicted octanol–water partition coefficient (Wildman–Crippen LogP) is 2.04. The van der Waals surface area contributed by atoms with E-state index in [0.29, 0.717) is 11.3 Å². The van der Waals surface area contributed by atoms with Crippen molar-refractivity contribution in [1.82, 2.24) is 19.5 Å². The Morgan fingerprint density at radius 1 is 1.26 bits per heavy atom. The summed E-state index contributed by atoms with van der Waals surface area (Å²) < 4.78 is 1.64. The SMILES string of the molecule is Cc1cnc2[nH]c(=O)n([C@@H](C)c3ccccc3)c2n1. The molecule has 3 aromatic rings. The zero-order chi connectivity index (χ0) is 13.4. The molecule has 5 nitrogen and oxygen atoms in total. The molecule has 0 fully saturated rings. The van der Waals surface area contributed by atoms with Gasteiger partial charge >= 0.3 is 5.69 Å². The molecule has 0 bridgehead atoms. The van der Waals surface area contributed by atoms with Crippen LogP contribution in [0.1, 0.15) is 24.2 Å². The van der Waals surface area contributed by atoms with Crippen molar-refractivity contribution in [3.63, 3.8) is 0 Å². The number of aromatic nitrogens is 4. The molecular weight excluding hydrogens is 240 g/mol. The summed E-state index contributed by atoms with van der Waals surface area (Å²) in [5.41, 5.74) is 2.80.